The molecule has 102 valence electrons. The summed E-state index contributed by atoms with van der Waals surface area (Å²) in [4.78, 5) is 14.1. The van der Waals surface area contributed by atoms with Gasteiger partial charge in [-0.2, -0.15) is 0 Å². The van der Waals surface area contributed by atoms with Crippen molar-refractivity contribution in [3.8, 4) is 0 Å². The van der Waals surface area contributed by atoms with Gasteiger partial charge in [0.25, 0.3) is 0 Å². The Bertz CT molecular complexity index is 482. The number of amides is 1. The molecule has 0 bridgehead atoms. The lowest BCUT2D eigenvalue weighted by molar-refractivity contribution is -0.120. The SMILES string of the molecule is [N-]=[N+]=NCCCNC(C(N)=O)c1c(Cl)cccc1Cl. The van der Waals surface area contributed by atoms with Crippen molar-refractivity contribution in [3.63, 3.8) is 0 Å². The third-order valence-electron chi connectivity index (χ3n) is 2.42. The molecule has 0 saturated heterocycles. The van der Waals surface area contributed by atoms with Gasteiger partial charge in [-0.05, 0) is 30.6 Å². The number of nitrogens with one attached hydrogen (secondary N) is 1. The number of primary amides is 1. The zero-order chi connectivity index (χ0) is 14.3. The molecule has 0 aliphatic carbocycles. The fraction of sp³-hybridized carbons (Fsp3) is 0.364. The lowest BCUT2D eigenvalue weighted by atomic mass is 10.1. The first-order valence-electron chi connectivity index (χ1n) is 5.55. The summed E-state index contributed by atoms with van der Waals surface area (Å²) >= 11 is 12.1. The Balaban J connectivity index is 2.78. The number of carbonyl (C=O) groups is 1. The van der Waals surface area contributed by atoms with Crippen LogP contribution in [0.3, 0.4) is 0 Å². The second-order valence-corrected chi connectivity index (χ2v) is 4.55. The second kappa shape index (κ2) is 7.86. The predicted octanol–water partition coefficient (Wildman–Crippen LogP) is 2.81. The Labute approximate surface area is 120 Å². The largest absolute Gasteiger partial charge is 0.368 e. The summed E-state index contributed by atoms with van der Waals surface area (Å²) in [7, 11) is 0. The smallest absolute Gasteiger partial charge is 0.239 e. The molecule has 1 amide bonds. The fourth-order valence-electron chi connectivity index (χ4n) is 1.57. The average Bonchev–Trinajstić information content (AvgIpc) is 2.35. The molecule has 0 fully saturated rings. The molecule has 0 spiro atoms. The summed E-state index contributed by atoms with van der Waals surface area (Å²) in [5, 5.41) is 7.09. The molecule has 1 rings (SSSR count). The maximum Gasteiger partial charge on any atom is 0.239 e. The van der Waals surface area contributed by atoms with Crippen molar-refractivity contribution in [2.24, 2.45) is 10.8 Å². The predicted molar refractivity (Wildman–Crippen MR) is 75.0 cm³/mol. The number of benzene rings is 1. The van der Waals surface area contributed by atoms with E-state index < -0.39 is 11.9 Å². The van der Waals surface area contributed by atoms with E-state index in [-0.39, 0.29) is 0 Å². The van der Waals surface area contributed by atoms with Gasteiger partial charge in [-0.15, -0.1) is 0 Å². The van der Waals surface area contributed by atoms with Crippen LogP contribution in [0, 0.1) is 0 Å². The molecule has 0 aromatic heterocycles. The summed E-state index contributed by atoms with van der Waals surface area (Å²) in [6.45, 7) is 0.791. The quantitative estimate of drug-likeness (QED) is 0.350. The average molecular weight is 302 g/mol. The first-order chi connectivity index (χ1) is 9.07. The van der Waals surface area contributed by atoms with Crippen LogP contribution in [0.5, 0.6) is 0 Å². The zero-order valence-corrected chi connectivity index (χ0v) is 11.5. The van der Waals surface area contributed by atoms with Crippen molar-refractivity contribution in [2.45, 2.75) is 12.5 Å². The molecule has 1 atom stereocenters. The molecule has 0 saturated carbocycles. The van der Waals surface area contributed by atoms with E-state index in [9.17, 15) is 4.79 Å². The van der Waals surface area contributed by atoms with Crippen LogP contribution < -0.4 is 11.1 Å². The molecule has 0 heterocycles. The normalized spacial score (nSPS) is 11.7. The van der Waals surface area contributed by atoms with E-state index in [0.717, 1.165) is 0 Å². The summed E-state index contributed by atoms with van der Waals surface area (Å²) in [5.41, 5.74) is 13.9. The van der Waals surface area contributed by atoms with E-state index in [1.54, 1.807) is 18.2 Å². The number of halogens is 2. The molecule has 1 aromatic rings. The van der Waals surface area contributed by atoms with Crippen LogP contribution >= 0.6 is 23.2 Å². The number of nitrogens with two attached hydrogens (primary N) is 1. The van der Waals surface area contributed by atoms with Crippen molar-refractivity contribution in [3.05, 3.63) is 44.3 Å². The van der Waals surface area contributed by atoms with Crippen molar-refractivity contribution in [1.82, 2.24) is 5.32 Å². The highest BCUT2D eigenvalue weighted by Gasteiger charge is 2.22. The molecule has 1 aromatic carbocycles. The molecule has 0 aliphatic rings. The minimum Gasteiger partial charge on any atom is -0.368 e. The Morgan fingerprint density at radius 3 is 2.63 bits per heavy atom. The van der Waals surface area contributed by atoms with Gasteiger partial charge in [0.05, 0.1) is 0 Å². The van der Waals surface area contributed by atoms with Gasteiger partial charge in [0.1, 0.15) is 6.04 Å². The highest BCUT2D eigenvalue weighted by molar-refractivity contribution is 6.36. The standard InChI is InChI=1S/C11H13Cl2N5O/c12-7-3-1-4-8(13)9(7)10(11(14)19)16-5-2-6-17-18-15/h1,3-4,10,16H,2,5-6H2,(H2,14,19). The molecule has 19 heavy (non-hydrogen) atoms. The van der Waals surface area contributed by atoms with Gasteiger partial charge in [0, 0.05) is 27.1 Å². The number of hydrogen-bond acceptors (Lipinski definition) is 3. The van der Waals surface area contributed by atoms with Crippen LogP contribution in [0.4, 0.5) is 0 Å². The lowest BCUT2D eigenvalue weighted by Crippen LogP contribution is -2.34. The Morgan fingerprint density at radius 2 is 2.11 bits per heavy atom. The summed E-state index contributed by atoms with van der Waals surface area (Å²) in [6.07, 6.45) is 0.579. The van der Waals surface area contributed by atoms with Gasteiger partial charge in [0.15, 0.2) is 0 Å². The minimum atomic E-state index is -0.771. The number of rotatable bonds is 7. The highest BCUT2D eigenvalue weighted by Crippen LogP contribution is 2.30. The zero-order valence-electron chi connectivity index (χ0n) is 10.0. The maximum absolute atomic E-state index is 11.5. The first kappa shape index (κ1) is 15.6. The van der Waals surface area contributed by atoms with Gasteiger partial charge in [0.2, 0.25) is 5.91 Å². The maximum atomic E-state index is 11.5. The third kappa shape index (κ3) is 4.61. The van der Waals surface area contributed by atoms with Gasteiger partial charge in [-0.25, -0.2) is 0 Å². The molecule has 8 heteroatoms. The number of azide groups is 1. The number of nitrogens with zero attached hydrogens (tertiary/aromatic N) is 3. The van der Waals surface area contributed by atoms with E-state index >= 15 is 0 Å². The van der Waals surface area contributed by atoms with Crippen LogP contribution in [-0.4, -0.2) is 19.0 Å². The van der Waals surface area contributed by atoms with Crippen molar-refractivity contribution < 1.29 is 4.79 Å². The second-order valence-electron chi connectivity index (χ2n) is 3.73. The van der Waals surface area contributed by atoms with Gasteiger partial charge in [-0.1, -0.05) is 34.4 Å². The molecule has 1 unspecified atom stereocenters. The first-order valence-corrected chi connectivity index (χ1v) is 6.31. The van der Waals surface area contributed by atoms with Crippen LogP contribution in [0.2, 0.25) is 10.0 Å². The van der Waals surface area contributed by atoms with E-state index in [1.807, 2.05) is 0 Å². The Hall–Kier alpha value is -1.46. The summed E-state index contributed by atoms with van der Waals surface area (Å²) in [5.74, 6) is -0.571. The Morgan fingerprint density at radius 1 is 1.47 bits per heavy atom. The van der Waals surface area contributed by atoms with E-state index in [1.165, 1.54) is 0 Å². The number of carbonyl (C=O) groups excluding carboxylic acids is 1. The van der Waals surface area contributed by atoms with E-state index in [2.05, 4.69) is 15.3 Å². The topological polar surface area (TPSA) is 104 Å². The van der Waals surface area contributed by atoms with Gasteiger partial charge < -0.3 is 11.1 Å². The molecule has 3 N–H and O–H groups in total. The van der Waals surface area contributed by atoms with Crippen LogP contribution in [0.25, 0.3) is 10.4 Å². The third-order valence-corrected chi connectivity index (χ3v) is 3.08. The van der Waals surface area contributed by atoms with E-state index in [4.69, 9.17) is 34.5 Å². The van der Waals surface area contributed by atoms with Crippen molar-refractivity contribution in [1.29, 1.82) is 0 Å². The summed E-state index contributed by atoms with van der Waals surface area (Å²) in [6, 6.07) is 4.20. The van der Waals surface area contributed by atoms with Crippen LogP contribution in [0.1, 0.15) is 18.0 Å². The molecule has 0 radical (unpaired) electrons. The minimum absolute atomic E-state index is 0.339. The molecular weight excluding hydrogens is 289 g/mol. The van der Waals surface area contributed by atoms with Crippen LogP contribution in [0.15, 0.2) is 23.3 Å². The van der Waals surface area contributed by atoms with E-state index in [0.29, 0.717) is 35.1 Å². The summed E-state index contributed by atoms with van der Waals surface area (Å²) < 4.78 is 0. The molecule has 6 nitrogen and oxygen atoms in total. The van der Waals surface area contributed by atoms with Crippen molar-refractivity contribution >= 4 is 29.1 Å². The number of hydrogen-bond donors (Lipinski definition) is 2. The van der Waals surface area contributed by atoms with Gasteiger partial charge >= 0.3 is 0 Å². The van der Waals surface area contributed by atoms with Crippen molar-refractivity contribution in [2.75, 3.05) is 13.1 Å². The van der Waals surface area contributed by atoms with Crippen LogP contribution in [-0.2, 0) is 4.79 Å². The molecule has 0 aliphatic heterocycles. The monoisotopic (exact) mass is 301 g/mol. The Kier molecular flexibility index (Phi) is 6.45. The lowest BCUT2D eigenvalue weighted by Gasteiger charge is -2.18. The molecular formula is C11H13Cl2N5O. The van der Waals surface area contributed by atoms with Gasteiger partial charge in [-0.3, -0.25) is 4.79 Å². The highest BCUT2D eigenvalue weighted by atomic mass is 35.5. The fourth-order valence-corrected chi connectivity index (χ4v) is 2.19.